The maximum atomic E-state index is 13.8. The van der Waals surface area contributed by atoms with Crippen molar-refractivity contribution >= 4 is 46.8 Å². The molecule has 0 aliphatic carbocycles. The predicted molar refractivity (Wildman–Crippen MR) is 136 cm³/mol. The Morgan fingerprint density at radius 2 is 1.67 bits per heavy atom. The first-order chi connectivity index (χ1) is 17.5. The number of ether oxygens (including phenoxy) is 1. The van der Waals surface area contributed by atoms with Crippen molar-refractivity contribution in [2.75, 3.05) is 17.3 Å². The molecule has 0 saturated carbocycles. The molecule has 4 atom stereocenters. The highest BCUT2D eigenvalue weighted by molar-refractivity contribution is 6.31. The Hall–Kier alpha value is -4.10. The van der Waals surface area contributed by atoms with E-state index in [0.29, 0.717) is 22.1 Å². The van der Waals surface area contributed by atoms with Gasteiger partial charge in [-0.3, -0.25) is 14.4 Å². The molecule has 0 unspecified atom stereocenters. The van der Waals surface area contributed by atoms with Gasteiger partial charge in [-0.2, -0.15) is 0 Å². The van der Waals surface area contributed by atoms with Crippen molar-refractivity contribution < 1.29 is 19.1 Å². The van der Waals surface area contributed by atoms with Crippen LogP contribution in [0, 0.1) is 11.8 Å². The number of nitrogens with one attached hydrogen (secondary N) is 1. The molecular weight excluding hydrogens is 478 g/mol. The van der Waals surface area contributed by atoms with Gasteiger partial charge >= 0.3 is 0 Å². The average Bonchev–Trinajstić information content (AvgIpc) is 3.37. The van der Waals surface area contributed by atoms with E-state index in [4.69, 9.17) is 16.3 Å². The molecule has 0 bridgehead atoms. The summed E-state index contributed by atoms with van der Waals surface area (Å²) >= 11 is 6.17. The third kappa shape index (κ3) is 3.31. The number of nitrogens with zero attached hydrogens (tertiary/aromatic N) is 2. The molecule has 0 aromatic heterocycles. The van der Waals surface area contributed by atoms with E-state index in [2.05, 4.69) is 5.32 Å². The second-order valence-corrected chi connectivity index (χ2v) is 9.45. The number of carbonyl (C=O) groups excluding carboxylic acids is 3. The smallest absolute Gasteiger partial charge is 0.248 e. The first-order valence-corrected chi connectivity index (χ1v) is 12.0. The Bertz CT molecular complexity index is 1420. The SMILES string of the molecule is COc1ccc(Cl)cc1NC(=O)[C@@H]1[C@@H]2C(=O)N(c3ccccc3)C(=O)[C@H]2[C@H]2c3ccccc3C=CN12. The second kappa shape index (κ2) is 8.53. The van der Waals surface area contributed by atoms with Crippen LogP contribution >= 0.6 is 11.6 Å². The second-order valence-electron chi connectivity index (χ2n) is 9.01. The largest absolute Gasteiger partial charge is 0.495 e. The highest BCUT2D eigenvalue weighted by Crippen LogP contribution is 2.53. The zero-order valence-electron chi connectivity index (χ0n) is 19.3. The molecule has 6 rings (SSSR count). The third-order valence-corrected chi connectivity index (χ3v) is 7.40. The zero-order valence-corrected chi connectivity index (χ0v) is 20.1. The molecule has 2 fully saturated rings. The molecule has 3 aliphatic heterocycles. The number of methoxy groups -OCH3 is 1. The molecule has 7 nitrogen and oxygen atoms in total. The Morgan fingerprint density at radius 1 is 0.944 bits per heavy atom. The lowest BCUT2D eigenvalue weighted by Crippen LogP contribution is -2.46. The van der Waals surface area contributed by atoms with E-state index < -0.39 is 29.8 Å². The van der Waals surface area contributed by atoms with Crippen LogP contribution in [0.3, 0.4) is 0 Å². The van der Waals surface area contributed by atoms with Crippen molar-refractivity contribution in [1.29, 1.82) is 0 Å². The summed E-state index contributed by atoms with van der Waals surface area (Å²) in [6.07, 6.45) is 3.73. The molecule has 8 heteroatoms. The number of amides is 3. The number of para-hydroxylation sites is 1. The fourth-order valence-corrected chi connectivity index (χ4v) is 5.85. The first-order valence-electron chi connectivity index (χ1n) is 11.6. The summed E-state index contributed by atoms with van der Waals surface area (Å²) in [5.74, 6) is -2.21. The minimum atomic E-state index is -0.904. The number of imide groups is 1. The first kappa shape index (κ1) is 22.4. The van der Waals surface area contributed by atoms with Gasteiger partial charge in [0.1, 0.15) is 11.8 Å². The lowest BCUT2D eigenvalue weighted by atomic mass is 9.84. The van der Waals surface area contributed by atoms with E-state index in [-0.39, 0.29) is 11.8 Å². The summed E-state index contributed by atoms with van der Waals surface area (Å²) in [5.41, 5.74) is 2.78. The Balaban J connectivity index is 1.45. The predicted octanol–water partition coefficient (Wildman–Crippen LogP) is 4.50. The number of benzene rings is 3. The molecular formula is C28H22ClN3O4. The van der Waals surface area contributed by atoms with E-state index in [1.165, 1.54) is 12.0 Å². The highest BCUT2D eigenvalue weighted by Gasteiger charge is 2.64. The van der Waals surface area contributed by atoms with Crippen molar-refractivity contribution in [3.05, 3.63) is 95.1 Å². The molecule has 2 saturated heterocycles. The van der Waals surface area contributed by atoms with Gasteiger partial charge in [-0.15, -0.1) is 0 Å². The zero-order chi connectivity index (χ0) is 25.0. The van der Waals surface area contributed by atoms with Crippen LogP contribution in [-0.4, -0.2) is 35.8 Å². The standard InChI is InChI=1S/C28H22ClN3O4/c1-36-21-12-11-17(29)15-20(21)30-26(33)25-23-22(24-19-10-6-5-7-16(19)13-14-31(24)25)27(34)32(28(23)35)18-8-3-2-4-9-18/h2-15,22-25H,1H3,(H,30,33)/t22-,23-,24-,25+/m1/s1. The van der Waals surface area contributed by atoms with Crippen molar-refractivity contribution in [2.24, 2.45) is 11.8 Å². The van der Waals surface area contributed by atoms with Gasteiger partial charge in [-0.05, 0) is 47.5 Å². The van der Waals surface area contributed by atoms with Gasteiger partial charge in [0.05, 0.1) is 36.4 Å². The van der Waals surface area contributed by atoms with Crippen molar-refractivity contribution in [1.82, 2.24) is 4.90 Å². The van der Waals surface area contributed by atoms with Gasteiger partial charge in [0.2, 0.25) is 17.7 Å². The third-order valence-electron chi connectivity index (χ3n) is 7.16. The molecule has 1 N–H and O–H groups in total. The molecule has 3 amide bonds. The summed E-state index contributed by atoms with van der Waals surface area (Å²) in [6.45, 7) is 0. The van der Waals surface area contributed by atoms with Gasteiger partial charge in [0.25, 0.3) is 0 Å². The number of halogens is 1. The van der Waals surface area contributed by atoms with Crippen LogP contribution in [-0.2, 0) is 14.4 Å². The van der Waals surface area contributed by atoms with E-state index in [1.54, 1.807) is 42.5 Å². The van der Waals surface area contributed by atoms with Gasteiger partial charge in [-0.25, -0.2) is 4.90 Å². The maximum absolute atomic E-state index is 13.8. The summed E-state index contributed by atoms with van der Waals surface area (Å²) in [6, 6.07) is 20.2. The van der Waals surface area contributed by atoms with Crippen molar-refractivity contribution in [3.8, 4) is 5.75 Å². The lowest BCUT2D eigenvalue weighted by Gasteiger charge is -2.35. The fraction of sp³-hybridized carbons (Fsp3) is 0.179. The highest BCUT2D eigenvalue weighted by atomic mass is 35.5. The van der Waals surface area contributed by atoms with Crippen LogP contribution in [0.2, 0.25) is 5.02 Å². The molecule has 36 heavy (non-hydrogen) atoms. The van der Waals surface area contributed by atoms with Crippen molar-refractivity contribution in [2.45, 2.75) is 12.1 Å². The van der Waals surface area contributed by atoms with Crippen LogP contribution in [0.25, 0.3) is 6.08 Å². The van der Waals surface area contributed by atoms with E-state index in [1.807, 2.05) is 47.5 Å². The number of rotatable bonds is 4. The topological polar surface area (TPSA) is 79.0 Å². The number of anilines is 2. The summed E-state index contributed by atoms with van der Waals surface area (Å²) < 4.78 is 5.39. The summed E-state index contributed by atoms with van der Waals surface area (Å²) in [5, 5.41) is 3.33. The number of hydrogen-bond donors (Lipinski definition) is 1. The van der Waals surface area contributed by atoms with Crippen LogP contribution in [0.1, 0.15) is 17.2 Å². The Morgan fingerprint density at radius 3 is 2.44 bits per heavy atom. The van der Waals surface area contributed by atoms with Gasteiger partial charge in [-0.1, -0.05) is 54.1 Å². The van der Waals surface area contributed by atoms with Crippen LogP contribution in [0.4, 0.5) is 11.4 Å². The molecule has 180 valence electrons. The fourth-order valence-electron chi connectivity index (χ4n) is 5.67. The number of fused-ring (bicyclic) bond motifs is 5. The molecule has 3 aromatic rings. The van der Waals surface area contributed by atoms with Crippen LogP contribution < -0.4 is 15.0 Å². The Labute approximate surface area is 212 Å². The molecule has 3 heterocycles. The Kier molecular flexibility index (Phi) is 5.30. The van der Waals surface area contributed by atoms with Crippen molar-refractivity contribution in [3.63, 3.8) is 0 Å². The normalized spacial score (nSPS) is 23.8. The maximum Gasteiger partial charge on any atom is 0.248 e. The molecule has 3 aromatic carbocycles. The van der Waals surface area contributed by atoms with Gasteiger partial charge < -0.3 is 15.0 Å². The summed E-state index contributed by atoms with van der Waals surface area (Å²) in [7, 11) is 1.50. The van der Waals surface area contributed by atoms with Gasteiger partial charge in [0.15, 0.2) is 0 Å². The summed E-state index contributed by atoms with van der Waals surface area (Å²) in [4.78, 5) is 44.6. The number of hydrogen-bond acceptors (Lipinski definition) is 5. The molecule has 0 radical (unpaired) electrons. The van der Waals surface area contributed by atoms with Gasteiger partial charge in [0, 0.05) is 11.2 Å². The molecule has 3 aliphatic rings. The van der Waals surface area contributed by atoms with Crippen LogP contribution in [0.15, 0.2) is 79.0 Å². The van der Waals surface area contributed by atoms with E-state index >= 15 is 0 Å². The quantitative estimate of drug-likeness (QED) is 0.535. The number of carbonyl (C=O) groups is 3. The van der Waals surface area contributed by atoms with Crippen LogP contribution in [0.5, 0.6) is 5.75 Å². The lowest BCUT2D eigenvalue weighted by molar-refractivity contribution is -0.128. The average molecular weight is 500 g/mol. The minimum Gasteiger partial charge on any atom is -0.495 e. The molecule has 0 spiro atoms. The minimum absolute atomic E-state index is 0.299. The van der Waals surface area contributed by atoms with E-state index in [9.17, 15) is 14.4 Å². The van der Waals surface area contributed by atoms with E-state index in [0.717, 1.165) is 11.1 Å². The monoisotopic (exact) mass is 499 g/mol.